The molecule has 1 atom stereocenters. The highest BCUT2D eigenvalue weighted by atomic mass is 35.5. The Morgan fingerprint density at radius 1 is 1.35 bits per heavy atom. The molecule has 1 saturated heterocycles. The van der Waals surface area contributed by atoms with Gasteiger partial charge in [0.05, 0.1) is 12.5 Å². The van der Waals surface area contributed by atoms with Crippen molar-refractivity contribution in [1.82, 2.24) is 9.80 Å². The SMILES string of the molecule is CN(CC1(CO)CC1)C(=O)[C@@H]1CCC(=O)N(CCc2ccc(Cl)cc2)C1. The van der Waals surface area contributed by atoms with Crippen molar-refractivity contribution < 1.29 is 14.7 Å². The second kappa shape index (κ2) is 7.97. The molecule has 2 fully saturated rings. The molecule has 142 valence electrons. The standard InChI is InChI=1S/C20H27ClN2O3/c1-22(13-20(14-24)9-10-20)19(26)16-4-7-18(25)23(12-16)11-8-15-2-5-17(21)6-3-15/h2-3,5-6,16,24H,4,7-14H2,1H3/t16-/m1/s1. The summed E-state index contributed by atoms with van der Waals surface area (Å²) in [6, 6.07) is 7.64. The Bertz CT molecular complexity index is 658. The molecule has 0 aromatic heterocycles. The minimum absolute atomic E-state index is 0.0802. The molecule has 0 radical (unpaired) electrons. The second-order valence-corrected chi connectivity index (χ2v) is 8.24. The Kier molecular flexibility index (Phi) is 5.88. The average molecular weight is 379 g/mol. The van der Waals surface area contributed by atoms with Gasteiger partial charge in [-0.1, -0.05) is 23.7 Å². The molecule has 0 bridgehead atoms. The number of benzene rings is 1. The number of carbonyl (C=O) groups excluding carboxylic acids is 2. The van der Waals surface area contributed by atoms with Gasteiger partial charge < -0.3 is 14.9 Å². The fraction of sp³-hybridized carbons (Fsp3) is 0.600. The van der Waals surface area contributed by atoms with Crippen molar-refractivity contribution in [2.45, 2.75) is 32.1 Å². The summed E-state index contributed by atoms with van der Waals surface area (Å²) >= 11 is 5.91. The molecule has 0 unspecified atom stereocenters. The Morgan fingerprint density at radius 3 is 2.65 bits per heavy atom. The first-order valence-electron chi connectivity index (χ1n) is 9.30. The number of rotatable bonds is 7. The van der Waals surface area contributed by atoms with E-state index in [4.69, 9.17) is 11.6 Å². The van der Waals surface area contributed by atoms with Gasteiger partial charge in [-0.25, -0.2) is 0 Å². The van der Waals surface area contributed by atoms with Gasteiger partial charge >= 0.3 is 0 Å². The first kappa shape index (κ1) is 19.2. The molecule has 2 aliphatic rings. The van der Waals surface area contributed by atoms with Crippen LogP contribution in [0.25, 0.3) is 0 Å². The Balaban J connectivity index is 1.54. The smallest absolute Gasteiger partial charge is 0.227 e. The molecule has 1 aliphatic carbocycles. The van der Waals surface area contributed by atoms with Crippen LogP contribution in [-0.2, 0) is 16.0 Å². The Hall–Kier alpha value is -1.59. The maximum absolute atomic E-state index is 12.8. The molecule has 1 aromatic carbocycles. The Labute approximate surface area is 159 Å². The zero-order valence-corrected chi connectivity index (χ0v) is 16.0. The van der Waals surface area contributed by atoms with Crippen LogP contribution in [0.3, 0.4) is 0 Å². The molecule has 1 aromatic rings. The molecule has 1 aliphatic heterocycles. The topological polar surface area (TPSA) is 60.9 Å². The zero-order chi connectivity index (χ0) is 18.7. The zero-order valence-electron chi connectivity index (χ0n) is 15.3. The van der Waals surface area contributed by atoms with Crippen LogP contribution in [0.5, 0.6) is 0 Å². The lowest BCUT2D eigenvalue weighted by atomic mass is 9.95. The molecule has 1 heterocycles. The summed E-state index contributed by atoms with van der Waals surface area (Å²) in [5.41, 5.74) is 1.05. The molecule has 6 heteroatoms. The number of carbonyl (C=O) groups is 2. The number of amides is 2. The number of hydrogen-bond donors (Lipinski definition) is 1. The number of aliphatic hydroxyl groups excluding tert-OH is 1. The highest BCUT2D eigenvalue weighted by Gasteiger charge is 2.44. The number of halogens is 1. The number of likely N-dealkylation sites (tertiary alicyclic amines) is 1. The third-order valence-electron chi connectivity index (χ3n) is 5.67. The highest BCUT2D eigenvalue weighted by Crippen LogP contribution is 2.45. The predicted octanol–water partition coefficient (Wildman–Crippen LogP) is 2.35. The molecule has 1 N–H and O–H groups in total. The van der Waals surface area contributed by atoms with E-state index in [9.17, 15) is 14.7 Å². The summed E-state index contributed by atoms with van der Waals surface area (Å²) < 4.78 is 0. The van der Waals surface area contributed by atoms with Crippen LogP contribution in [0.1, 0.15) is 31.2 Å². The van der Waals surface area contributed by atoms with Gasteiger partial charge in [0.15, 0.2) is 0 Å². The third kappa shape index (κ3) is 4.57. The van der Waals surface area contributed by atoms with Gasteiger partial charge in [-0.05, 0) is 43.4 Å². The van der Waals surface area contributed by atoms with Crippen molar-refractivity contribution in [3.63, 3.8) is 0 Å². The molecular formula is C20H27ClN2O3. The summed E-state index contributed by atoms with van der Waals surface area (Å²) in [6.45, 7) is 1.86. The van der Waals surface area contributed by atoms with E-state index in [1.807, 2.05) is 36.2 Å². The van der Waals surface area contributed by atoms with Crippen molar-refractivity contribution in [2.24, 2.45) is 11.3 Å². The average Bonchev–Trinajstić information content (AvgIpc) is 3.41. The summed E-state index contributed by atoms with van der Waals surface area (Å²) in [5, 5.41) is 10.2. The number of piperidine rings is 1. The van der Waals surface area contributed by atoms with Gasteiger partial charge in [-0.15, -0.1) is 0 Å². The van der Waals surface area contributed by atoms with Crippen LogP contribution in [0.15, 0.2) is 24.3 Å². The lowest BCUT2D eigenvalue weighted by Crippen LogP contribution is -2.47. The summed E-state index contributed by atoms with van der Waals surface area (Å²) in [5.74, 6) is 0.0748. The minimum atomic E-state index is -0.141. The van der Waals surface area contributed by atoms with Crippen LogP contribution in [-0.4, -0.2) is 60.0 Å². The lowest BCUT2D eigenvalue weighted by Gasteiger charge is -2.34. The van der Waals surface area contributed by atoms with E-state index < -0.39 is 0 Å². The van der Waals surface area contributed by atoms with Gasteiger partial charge in [0.2, 0.25) is 11.8 Å². The van der Waals surface area contributed by atoms with Gasteiger partial charge in [-0.3, -0.25) is 9.59 Å². The Morgan fingerprint density at radius 2 is 2.04 bits per heavy atom. The lowest BCUT2D eigenvalue weighted by molar-refractivity contribution is -0.142. The molecule has 1 saturated carbocycles. The molecule has 2 amide bonds. The van der Waals surface area contributed by atoms with Crippen LogP contribution in [0, 0.1) is 11.3 Å². The molecule has 26 heavy (non-hydrogen) atoms. The first-order chi connectivity index (χ1) is 12.4. The summed E-state index contributed by atoms with van der Waals surface area (Å²) in [6.07, 6.45) is 3.77. The van der Waals surface area contributed by atoms with E-state index in [-0.39, 0.29) is 29.8 Å². The molecule has 5 nitrogen and oxygen atoms in total. The third-order valence-corrected chi connectivity index (χ3v) is 5.93. The molecule has 0 spiro atoms. The fourth-order valence-corrected chi connectivity index (χ4v) is 3.81. The highest BCUT2D eigenvalue weighted by molar-refractivity contribution is 6.30. The van der Waals surface area contributed by atoms with E-state index in [0.29, 0.717) is 37.5 Å². The van der Waals surface area contributed by atoms with E-state index in [1.165, 1.54) is 0 Å². The van der Waals surface area contributed by atoms with E-state index in [0.717, 1.165) is 24.8 Å². The van der Waals surface area contributed by atoms with Crippen LogP contribution >= 0.6 is 11.6 Å². The summed E-state index contributed by atoms with van der Waals surface area (Å²) in [7, 11) is 1.81. The van der Waals surface area contributed by atoms with Crippen LogP contribution < -0.4 is 0 Å². The van der Waals surface area contributed by atoms with Gasteiger partial charge in [-0.2, -0.15) is 0 Å². The van der Waals surface area contributed by atoms with E-state index in [1.54, 1.807) is 4.90 Å². The first-order valence-corrected chi connectivity index (χ1v) is 9.68. The number of hydrogen-bond acceptors (Lipinski definition) is 3. The van der Waals surface area contributed by atoms with Gasteiger partial charge in [0, 0.05) is 43.5 Å². The van der Waals surface area contributed by atoms with Crippen LogP contribution in [0.2, 0.25) is 5.02 Å². The molecule has 3 rings (SSSR count). The minimum Gasteiger partial charge on any atom is -0.396 e. The number of aliphatic hydroxyl groups is 1. The van der Waals surface area contributed by atoms with Crippen LogP contribution in [0.4, 0.5) is 0 Å². The van der Waals surface area contributed by atoms with Crippen molar-refractivity contribution in [1.29, 1.82) is 0 Å². The van der Waals surface area contributed by atoms with Crippen molar-refractivity contribution in [3.05, 3.63) is 34.9 Å². The normalized spacial score (nSPS) is 21.6. The van der Waals surface area contributed by atoms with Crippen molar-refractivity contribution >= 4 is 23.4 Å². The largest absolute Gasteiger partial charge is 0.396 e. The molecular weight excluding hydrogens is 352 g/mol. The van der Waals surface area contributed by atoms with Crippen molar-refractivity contribution in [3.8, 4) is 0 Å². The number of nitrogens with zero attached hydrogens (tertiary/aromatic N) is 2. The van der Waals surface area contributed by atoms with Crippen molar-refractivity contribution in [2.75, 3.05) is 33.3 Å². The van der Waals surface area contributed by atoms with E-state index in [2.05, 4.69) is 0 Å². The maximum Gasteiger partial charge on any atom is 0.227 e. The quantitative estimate of drug-likeness (QED) is 0.792. The second-order valence-electron chi connectivity index (χ2n) is 7.80. The predicted molar refractivity (Wildman–Crippen MR) is 101 cm³/mol. The van der Waals surface area contributed by atoms with E-state index >= 15 is 0 Å². The van der Waals surface area contributed by atoms with Gasteiger partial charge in [0.1, 0.15) is 0 Å². The summed E-state index contributed by atoms with van der Waals surface area (Å²) in [4.78, 5) is 28.6. The maximum atomic E-state index is 12.8. The van der Waals surface area contributed by atoms with Gasteiger partial charge in [0.25, 0.3) is 0 Å². The fourth-order valence-electron chi connectivity index (χ4n) is 3.68. The monoisotopic (exact) mass is 378 g/mol.